The second-order valence-electron chi connectivity index (χ2n) is 4.31. The van der Waals surface area contributed by atoms with E-state index in [2.05, 4.69) is 24.4 Å². The highest BCUT2D eigenvalue weighted by molar-refractivity contribution is 5.57. The third-order valence-electron chi connectivity index (χ3n) is 2.81. The highest BCUT2D eigenvalue weighted by atomic mass is 16.5. The summed E-state index contributed by atoms with van der Waals surface area (Å²) in [5.74, 6) is 0.897. The number of benzene rings is 1. The summed E-state index contributed by atoms with van der Waals surface area (Å²) in [4.78, 5) is 0. The SMILES string of the molecule is COc1ccccc1/C=C/C1COCC(C)N1. The molecule has 1 aromatic carbocycles. The van der Waals surface area contributed by atoms with Crippen molar-refractivity contribution in [3.05, 3.63) is 35.9 Å². The molecule has 0 amide bonds. The molecule has 3 heteroatoms. The Labute approximate surface area is 102 Å². The van der Waals surface area contributed by atoms with Gasteiger partial charge in [0.2, 0.25) is 0 Å². The second-order valence-corrected chi connectivity index (χ2v) is 4.31. The van der Waals surface area contributed by atoms with Gasteiger partial charge < -0.3 is 14.8 Å². The molecule has 1 aliphatic heterocycles. The Hall–Kier alpha value is -1.32. The van der Waals surface area contributed by atoms with E-state index in [9.17, 15) is 0 Å². The number of methoxy groups -OCH3 is 1. The molecule has 17 heavy (non-hydrogen) atoms. The fraction of sp³-hybridized carbons (Fsp3) is 0.429. The van der Waals surface area contributed by atoms with Gasteiger partial charge >= 0.3 is 0 Å². The van der Waals surface area contributed by atoms with Crippen molar-refractivity contribution >= 4 is 6.08 Å². The van der Waals surface area contributed by atoms with Crippen LogP contribution in [0.5, 0.6) is 5.75 Å². The van der Waals surface area contributed by atoms with Gasteiger partial charge in [-0.05, 0) is 13.0 Å². The molecule has 2 atom stereocenters. The van der Waals surface area contributed by atoms with Crippen molar-refractivity contribution in [1.29, 1.82) is 0 Å². The van der Waals surface area contributed by atoms with Crippen LogP contribution in [-0.2, 0) is 4.74 Å². The standard InChI is InChI=1S/C14H19NO2/c1-11-9-17-10-13(15-11)8-7-12-5-3-4-6-14(12)16-2/h3-8,11,13,15H,9-10H2,1-2H3/b8-7+. The maximum atomic E-state index is 5.49. The monoisotopic (exact) mass is 233 g/mol. The Bertz CT molecular complexity index is 390. The highest BCUT2D eigenvalue weighted by Gasteiger charge is 2.15. The largest absolute Gasteiger partial charge is 0.496 e. The highest BCUT2D eigenvalue weighted by Crippen LogP contribution is 2.19. The van der Waals surface area contributed by atoms with Gasteiger partial charge in [-0.15, -0.1) is 0 Å². The summed E-state index contributed by atoms with van der Waals surface area (Å²) < 4.78 is 10.8. The summed E-state index contributed by atoms with van der Waals surface area (Å²) in [5.41, 5.74) is 1.09. The van der Waals surface area contributed by atoms with Crippen molar-refractivity contribution in [2.75, 3.05) is 20.3 Å². The van der Waals surface area contributed by atoms with Crippen LogP contribution >= 0.6 is 0 Å². The third-order valence-corrected chi connectivity index (χ3v) is 2.81. The van der Waals surface area contributed by atoms with Crippen LogP contribution in [0.2, 0.25) is 0 Å². The lowest BCUT2D eigenvalue weighted by Crippen LogP contribution is -2.46. The smallest absolute Gasteiger partial charge is 0.126 e. The van der Waals surface area contributed by atoms with Crippen LogP contribution in [0.1, 0.15) is 12.5 Å². The minimum Gasteiger partial charge on any atom is -0.496 e. The van der Waals surface area contributed by atoms with E-state index in [4.69, 9.17) is 9.47 Å². The summed E-state index contributed by atoms with van der Waals surface area (Å²) in [6.45, 7) is 3.65. The molecule has 0 bridgehead atoms. The molecule has 92 valence electrons. The van der Waals surface area contributed by atoms with Gasteiger partial charge in [-0.2, -0.15) is 0 Å². The Balaban J connectivity index is 2.04. The van der Waals surface area contributed by atoms with Gasteiger partial charge in [0.15, 0.2) is 0 Å². The van der Waals surface area contributed by atoms with E-state index < -0.39 is 0 Å². The maximum absolute atomic E-state index is 5.49. The van der Waals surface area contributed by atoms with Gasteiger partial charge in [0.05, 0.1) is 20.3 Å². The van der Waals surface area contributed by atoms with Crippen LogP contribution in [0.4, 0.5) is 0 Å². The topological polar surface area (TPSA) is 30.5 Å². The Morgan fingerprint density at radius 2 is 2.18 bits per heavy atom. The van der Waals surface area contributed by atoms with Crippen molar-refractivity contribution in [2.24, 2.45) is 0 Å². The van der Waals surface area contributed by atoms with E-state index in [1.165, 1.54) is 0 Å². The fourth-order valence-electron chi connectivity index (χ4n) is 1.97. The van der Waals surface area contributed by atoms with Crippen LogP contribution in [0.25, 0.3) is 6.08 Å². The molecule has 1 fully saturated rings. The van der Waals surface area contributed by atoms with Crippen molar-refractivity contribution in [1.82, 2.24) is 5.32 Å². The Morgan fingerprint density at radius 3 is 2.94 bits per heavy atom. The quantitative estimate of drug-likeness (QED) is 0.867. The van der Waals surface area contributed by atoms with E-state index in [1.807, 2.05) is 24.3 Å². The van der Waals surface area contributed by atoms with Crippen LogP contribution < -0.4 is 10.1 Å². The second kappa shape index (κ2) is 5.84. The van der Waals surface area contributed by atoms with Crippen LogP contribution in [0.3, 0.4) is 0 Å². The first-order valence-corrected chi connectivity index (χ1v) is 5.94. The average Bonchev–Trinajstić information content (AvgIpc) is 2.37. The van der Waals surface area contributed by atoms with Crippen molar-refractivity contribution in [2.45, 2.75) is 19.0 Å². The molecule has 1 aliphatic rings. The predicted molar refractivity (Wildman–Crippen MR) is 69.2 cm³/mol. The molecule has 1 saturated heterocycles. The summed E-state index contributed by atoms with van der Waals surface area (Å²) in [6, 6.07) is 8.69. The Kier molecular flexibility index (Phi) is 4.18. The lowest BCUT2D eigenvalue weighted by atomic mass is 10.1. The van der Waals surface area contributed by atoms with E-state index in [-0.39, 0.29) is 6.04 Å². The van der Waals surface area contributed by atoms with Gasteiger partial charge in [0, 0.05) is 17.6 Å². The predicted octanol–water partition coefficient (Wildman–Crippen LogP) is 2.09. The molecular formula is C14H19NO2. The summed E-state index contributed by atoms with van der Waals surface area (Å²) in [7, 11) is 1.69. The number of hydrogen-bond acceptors (Lipinski definition) is 3. The normalized spacial score (nSPS) is 25.1. The zero-order valence-electron chi connectivity index (χ0n) is 10.3. The molecule has 0 aromatic heterocycles. The molecule has 0 radical (unpaired) electrons. The molecule has 1 aromatic rings. The lowest BCUT2D eigenvalue weighted by molar-refractivity contribution is 0.0637. The first-order chi connectivity index (χ1) is 8.29. The van der Waals surface area contributed by atoms with Crippen LogP contribution in [-0.4, -0.2) is 32.4 Å². The fourth-order valence-corrected chi connectivity index (χ4v) is 1.97. The van der Waals surface area contributed by atoms with E-state index >= 15 is 0 Å². The first kappa shape index (κ1) is 12.1. The molecule has 3 nitrogen and oxygen atoms in total. The van der Waals surface area contributed by atoms with E-state index in [0.717, 1.165) is 24.5 Å². The van der Waals surface area contributed by atoms with Gasteiger partial charge in [-0.1, -0.05) is 30.4 Å². The zero-order chi connectivity index (χ0) is 12.1. The van der Waals surface area contributed by atoms with Gasteiger partial charge in [0.1, 0.15) is 5.75 Å². The van der Waals surface area contributed by atoms with Gasteiger partial charge in [-0.25, -0.2) is 0 Å². The molecule has 1 N–H and O–H groups in total. The van der Waals surface area contributed by atoms with Crippen molar-refractivity contribution < 1.29 is 9.47 Å². The number of para-hydroxylation sites is 1. The first-order valence-electron chi connectivity index (χ1n) is 5.94. The summed E-state index contributed by atoms with van der Waals surface area (Å²) >= 11 is 0. The van der Waals surface area contributed by atoms with Crippen LogP contribution in [0, 0.1) is 0 Å². The van der Waals surface area contributed by atoms with Crippen molar-refractivity contribution in [3.8, 4) is 5.75 Å². The van der Waals surface area contributed by atoms with Gasteiger partial charge in [-0.3, -0.25) is 0 Å². The number of morpholine rings is 1. The number of nitrogens with one attached hydrogen (secondary N) is 1. The summed E-state index contributed by atoms with van der Waals surface area (Å²) in [5, 5.41) is 3.47. The Morgan fingerprint density at radius 1 is 1.35 bits per heavy atom. The average molecular weight is 233 g/mol. The maximum Gasteiger partial charge on any atom is 0.126 e. The molecule has 0 spiro atoms. The molecule has 1 heterocycles. The van der Waals surface area contributed by atoms with Crippen LogP contribution in [0.15, 0.2) is 30.3 Å². The minimum atomic E-state index is 0.281. The minimum absolute atomic E-state index is 0.281. The van der Waals surface area contributed by atoms with E-state index in [0.29, 0.717) is 6.04 Å². The summed E-state index contributed by atoms with van der Waals surface area (Å²) in [6.07, 6.45) is 4.21. The van der Waals surface area contributed by atoms with Crippen molar-refractivity contribution in [3.63, 3.8) is 0 Å². The molecule has 2 rings (SSSR count). The molecule has 2 unspecified atom stereocenters. The number of ether oxygens (including phenoxy) is 2. The zero-order valence-corrected chi connectivity index (χ0v) is 10.3. The van der Waals surface area contributed by atoms with Gasteiger partial charge in [0.25, 0.3) is 0 Å². The van der Waals surface area contributed by atoms with E-state index in [1.54, 1.807) is 7.11 Å². The molecule has 0 aliphatic carbocycles. The molecular weight excluding hydrogens is 214 g/mol. The molecule has 0 saturated carbocycles. The number of hydrogen-bond donors (Lipinski definition) is 1. The number of rotatable bonds is 3. The third kappa shape index (κ3) is 3.32. The lowest BCUT2D eigenvalue weighted by Gasteiger charge is -2.26.